The Morgan fingerprint density at radius 2 is 2.07 bits per heavy atom. The summed E-state index contributed by atoms with van der Waals surface area (Å²) < 4.78 is 0. The van der Waals surface area contributed by atoms with Crippen molar-refractivity contribution < 1.29 is 4.98 Å². The number of aromatic nitrogens is 2. The molecule has 1 aromatic carbocycles. The van der Waals surface area contributed by atoms with E-state index >= 15 is 0 Å². The highest BCUT2D eigenvalue weighted by Gasteiger charge is 2.15. The molecule has 0 spiro atoms. The van der Waals surface area contributed by atoms with E-state index in [9.17, 15) is 0 Å². The van der Waals surface area contributed by atoms with Gasteiger partial charge in [-0.1, -0.05) is 25.1 Å². The first kappa shape index (κ1) is 9.97. The van der Waals surface area contributed by atoms with Gasteiger partial charge in [0.2, 0.25) is 6.33 Å². The molecule has 0 aliphatic rings. The second kappa shape index (κ2) is 3.89. The minimum Gasteiger partial charge on any atom is -0.250 e. The van der Waals surface area contributed by atoms with Crippen LogP contribution in [0.5, 0.6) is 0 Å². The van der Waals surface area contributed by atoms with E-state index in [0.717, 1.165) is 0 Å². The average Bonchev–Trinajstić information content (AvgIpc) is 2.74. The maximum absolute atomic E-state index is 3.23. The van der Waals surface area contributed by atoms with Crippen molar-refractivity contribution in [2.24, 2.45) is 0 Å². The number of aromatic amines is 2. The summed E-state index contributed by atoms with van der Waals surface area (Å²) in [6.07, 6.45) is 3.88. The van der Waals surface area contributed by atoms with Gasteiger partial charge in [0.05, 0.1) is 0 Å². The van der Waals surface area contributed by atoms with Crippen LogP contribution in [0.1, 0.15) is 35.2 Å². The normalized spacial score (nSPS) is 12.7. The van der Waals surface area contributed by atoms with Crippen LogP contribution in [0.3, 0.4) is 0 Å². The van der Waals surface area contributed by atoms with Crippen molar-refractivity contribution >= 4 is 0 Å². The first-order valence-electron chi connectivity index (χ1n) is 5.30. The van der Waals surface area contributed by atoms with Crippen LogP contribution >= 0.6 is 0 Å². The zero-order chi connectivity index (χ0) is 10.8. The van der Waals surface area contributed by atoms with Gasteiger partial charge in [-0.05, 0) is 30.5 Å². The van der Waals surface area contributed by atoms with Gasteiger partial charge in [0.1, 0.15) is 11.9 Å². The lowest BCUT2D eigenvalue weighted by Crippen LogP contribution is -2.01. The number of benzene rings is 1. The van der Waals surface area contributed by atoms with E-state index in [1.54, 1.807) is 0 Å². The lowest BCUT2D eigenvalue weighted by Gasteiger charge is -2.12. The number of H-pyrrole nitrogens is 2. The van der Waals surface area contributed by atoms with Gasteiger partial charge in [-0.15, -0.1) is 0 Å². The van der Waals surface area contributed by atoms with Crippen LogP contribution in [-0.2, 0) is 0 Å². The summed E-state index contributed by atoms with van der Waals surface area (Å²) in [7, 11) is 0. The molecule has 0 saturated carbocycles. The molecule has 1 heterocycles. The molecule has 2 aromatic rings. The minimum absolute atomic E-state index is 0.413. The topological polar surface area (TPSA) is 29.9 Å². The molecule has 2 N–H and O–H groups in total. The Hall–Kier alpha value is -1.57. The van der Waals surface area contributed by atoms with E-state index in [2.05, 4.69) is 48.9 Å². The summed E-state index contributed by atoms with van der Waals surface area (Å²) in [6, 6.07) is 6.49. The molecule has 2 rings (SSSR count). The summed E-state index contributed by atoms with van der Waals surface area (Å²) in [5, 5.41) is 0. The Kier molecular flexibility index (Phi) is 2.58. The van der Waals surface area contributed by atoms with Crippen molar-refractivity contribution in [1.29, 1.82) is 0 Å². The van der Waals surface area contributed by atoms with Gasteiger partial charge in [0, 0.05) is 5.92 Å². The van der Waals surface area contributed by atoms with Crippen LogP contribution < -0.4 is 4.98 Å². The summed E-state index contributed by atoms with van der Waals surface area (Å²) in [5.41, 5.74) is 5.36. The first-order valence-corrected chi connectivity index (χ1v) is 5.30. The van der Waals surface area contributed by atoms with Crippen LogP contribution in [0.15, 0.2) is 30.7 Å². The molecule has 2 heteroatoms. The molecular formula is C13H17N2+. The van der Waals surface area contributed by atoms with Crippen molar-refractivity contribution in [2.75, 3.05) is 0 Å². The molecule has 0 bridgehead atoms. The van der Waals surface area contributed by atoms with Crippen LogP contribution in [0, 0.1) is 13.8 Å². The quantitative estimate of drug-likeness (QED) is 0.774. The van der Waals surface area contributed by atoms with E-state index in [1.807, 2.05) is 12.5 Å². The van der Waals surface area contributed by atoms with Gasteiger partial charge in [-0.25, -0.2) is 4.98 Å². The third kappa shape index (κ3) is 1.80. The van der Waals surface area contributed by atoms with Crippen LogP contribution in [-0.4, -0.2) is 4.98 Å². The number of rotatable bonds is 2. The lowest BCUT2D eigenvalue weighted by molar-refractivity contribution is -0.376. The highest BCUT2D eigenvalue weighted by atomic mass is 14.9. The van der Waals surface area contributed by atoms with E-state index in [1.165, 1.54) is 22.4 Å². The molecule has 0 radical (unpaired) electrons. The molecule has 0 fully saturated rings. The van der Waals surface area contributed by atoms with Crippen molar-refractivity contribution in [3.63, 3.8) is 0 Å². The summed E-state index contributed by atoms with van der Waals surface area (Å²) >= 11 is 0. The molecule has 0 unspecified atom stereocenters. The first-order chi connectivity index (χ1) is 7.20. The Bertz CT molecular complexity index is 444. The highest BCUT2D eigenvalue weighted by Crippen LogP contribution is 2.25. The summed E-state index contributed by atoms with van der Waals surface area (Å²) in [5.74, 6) is 0.413. The third-order valence-corrected chi connectivity index (χ3v) is 3.14. The molecular weight excluding hydrogens is 184 g/mol. The number of aryl methyl sites for hydroxylation is 1. The zero-order valence-electron chi connectivity index (χ0n) is 9.46. The minimum atomic E-state index is 0.413. The third-order valence-electron chi connectivity index (χ3n) is 3.14. The van der Waals surface area contributed by atoms with Gasteiger partial charge in [0.15, 0.2) is 0 Å². The van der Waals surface area contributed by atoms with Crippen LogP contribution in [0.25, 0.3) is 0 Å². The number of hydrogen-bond acceptors (Lipinski definition) is 0. The zero-order valence-corrected chi connectivity index (χ0v) is 9.46. The fourth-order valence-corrected chi connectivity index (χ4v) is 1.96. The molecule has 1 atom stereocenters. The van der Waals surface area contributed by atoms with Crippen LogP contribution in [0.4, 0.5) is 0 Å². The van der Waals surface area contributed by atoms with Crippen molar-refractivity contribution in [3.8, 4) is 0 Å². The average molecular weight is 201 g/mol. The monoisotopic (exact) mass is 201 g/mol. The molecule has 15 heavy (non-hydrogen) atoms. The van der Waals surface area contributed by atoms with E-state index < -0.39 is 0 Å². The second-order valence-corrected chi connectivity index (χ2v) is 4.07. The Labute approximate surface area is 90.4 Å². The van der Waals surface area contributed by atoms with Gasteiger partial charge in [0.25, 0.3) is 0 Å². The van der Waals surface area contributed by atoms with E-state index in [0.29, 0.717) is 5.92 Å². The van der Waals surface area contributed by atoms with Crippen molar-refractivity contribution in [3.05, 3.63) is 53.1 Å². The predicted molar refractivity (Wildman–Crippen MR) is 60.8 cm³/mol. The molecule has 0 amide bonds. The smallest absolute Gasteiger partial charge is 0.239 e. The second-order valence-electron chi connectivity index (χ2n) is 4.07. The van der Waals surface area contributed by atoms with Crippen LogP contribution in [0.2, 0.25) is 0 Å². The number of imidazole rings is 1. The maximum Gasteiger partial charge on any atom is 0.239 e. The Morgan fingerprint density at radius 1 is 1.27 bits per heavy atom. The number of hydrogen-bond donors (Lipinski definition) is 1. The molecule has 78 valence electrons. The molecule has 2 nitrogen and oxygen atoms in total. The Morgan fingerprint density at radius 3 is 2.73 bits per heavy atom. The standard InChI is InChI=1S/C13H16N2/c1-9-5-4-6-12(10(9)2)11(3)13-7-14-8-15-13/h4-8,11H,1-3H3,(H,14,15)/p+1/t11-/m1/s1. The van der Waals surface area contributed by atoms with Gasteiger partial charge >= 0.3 is 0 Å². The molecule has 0 aliphatic heterocycles. The van der Waals surface area contributed by atoms with E-state index in [4.69, 9.17) is 0 Å². The van der Waals surface area contributed by atoms with Gasteiger partial charge in [-0.2, -0.15) is 0 Å². The summed E-state index contributed by atoms with van der Waals surface area (Å²) in [4.78, 5) is 6.29. The fraction of sp³-hybridized carbons (Fsp3) is 0.308. The van der Waals surface area contributed by atoms with Gasteiger partial charge < -0.3 is 0 Å². The molecule has 1 aromatic heterocycles. The predicted octanol–water partition coefficient (Wildman–Crippen LogP) is 2.60. The van der Waals surface area contributed by atoms with E-state index in [-0.39, 0.29) is 0 Å². The lowest BCUT2D eigenvalue weighted by atomic mass is 9.92. The fourth-order valence-electron chi connectivity index (χ4n) is 1.96. The largest absolute Gasteiger partial charge is 0.250 e. The molecule has 0 saturated heterocycles. The maximum atomic E-state index is 3.23. The summed E-state index contributed by atoms with van der Waals surface area (Å²) in [6.45, 7) is 6.57. The highest BCUT2D eigenvalue weighted by molar-refractivity contribution is 5.38. The Balaban J connectivity index is 2.42. The van der Waals surface area contributed by atoms with Crippen molar-refractivity contribution in [1.82, 2.24) is 4.98 Å². The number of nitrogens with one attached hydrogen (secondary N) is 2. The van der Waals surface area contributed by atoms with Gasteiger partial charge in [-0.3, -0.25) is 4.98 Å². The van der Waals surface area contributed by atoms with Crippen molar-refractivity contribution in [2.45, 2.75) is 26.7 Å². The molecule has 0 aliphatic carbocycles. The SMILES string of the molecule is Cc1cccc([C@@H](C)c2c[nH+]c[nH]2)c1C.